The van der Waals surface area contributed by atoms with E-state index in [4.69, 9.17) is 5.73 Å². The van der Waals surface area contributed by atoms with Crippen LogP contribution < -0.4 is 10.5 Å². The van der Waals surface area contributed by atoms with E-state index in [1.165, 1.54) is 11.3 Å². The fourth-order valence-corrected chi connectivity index (χ4v) is 5.54. The largest absolute Gasteiger partial charge is 0.326 e. The van der Waals surface area contributed by atoms with E-state index in [-0.39, 0.29) is 5.41 Å². The lowest BCUT2D eigenvalue weighted by Gasteiger charge is -2.06. The third-order valence-electron chi connectivity index (χ3n) is 3.43. The van der Waals surface area contributed by atoms with E-state index in [9.17, 15) is 8.42 Å². The van der Waals surface area contributed by atoms with Gasteiger partial charge in [-0.25, -0.2) is 13.1 Å². The van der Waals surface area contributed by atoms with E-state index in [0.717, 1.165) is 11.3 Å². The average molecular weight is 353 g/mol. The maximum Gasteiger partial charge on any atom is 0.242 e. The average Bonchev–Trinajstić information content (AvgIpc) is 2.70. The molecular weight excluding hydrogens is 336 g/mol. The van der Waals surface area contributed by atoms with Crippen molar-refractivity contribution in [3.8, 4) is 0 Å². The molecule has 1 aromatic heterocycles. The van der Waals surface area contributed by atoms with Crippen LogP contribution in [-0.2, 0) is 16.6 Å². The number of nitrogens with two attached hydrogens (primary N) is 1. The van der Waals surface area contributed by atoms with Crippen LogP contribution >= 0.6 is 27.3 Å². The van der Waals surface area contributed by atoms with Crippen LogP contribution in [0.2, 0.25) is 0 Å². The minimum atomic E-state index is -3.43. The van der Waals surface area contributed by atoms with E-state index in [1.807, 2.05) is 0 Å². The molecule has 1 saturated carbocycles. The van der Waals surface area contributed by atoms with Crippen molar-refractivity contribution in [2.75, 3.05) is 6.54 Å². The first kappa shape index (κ1) is 14.5. The minimum absolute atomic E-state index is 0.275. The quantitative estimate of drug-likeness (QED) is 0.853. The molecule has 1 fully saturated rings. The molecule has 0 radical (unpaired) electrons. The summed E-state index contributed by atoms with van der Waals surface area (Å²) in [5.41, 5.74) is 5.79. The molecule has 2 rings (SSSR count). The molecule has 1 unspecified atom stereocenters. The molecule has 0 aliphatic heterocycles. The van der Waals surface area contributed by atoms with Crippen LogP contribution in [0.25, 0.3) is 0 Å². The Labute approximate surface area is 120 Å². The molecule has 18 heavy (non-hydrogen) atoms. The Bertz CT molecular complexity index is 551. The third kappa shape index (κ3) is 2.96. The van der Waals surface area contributed by atoms with E-state index < -0.39 is 10.0 Å². The zero-order valence-corrected chi connectivity index (χ0v) is 13.6. The number of hydrogen-bond donors (Lipinski definition) is 2. The maximum absolute atomic E-state index is 12.2. The second-order valence-corrected chi connectivity index (χ2v) is 9.49. The Balaban J connectivity index is 2.08. The second-order valence-electron chi connectivity index (χ2n) is 5.30. The molecule has 1 atom stereocenters. The Hall–Kier alpha value is 0.0500. The lowest BCUT2D eigenvalue weighted by Crippen LogP contribution is -2.26. The molecule has 3 N–H and O–H groups in total. The summed E-state index contributed by atoms with van der Waals surface area (Å²) >= 11 is 4.65. The predicted octanol–water partition coefficient (Wildman–Crippen LogP) is 2.29. The second kappa shape index (κ2) is 4.86. The van der Waals surface area contributed by atoms with Gasteiger partial charge < -0.3 is 5.73 Å². The lowest BCUT2D eigenvalue weighted by atomic mass is 10.1. The lowest BCUT2D eigenvalue weighted by molar-refractivity contribution is 0.537. The van der Waals surface area contributed by atoms with Gasteiger partial charge in [-0.1, -0.05) is 13.8 Å². The van der Waals surface area contributed by atoms with Crippen LogP contribution in [0.15, 0.2) is 14.7 Å². The number of nitrogens with one attached hydrogen (secondary N) is 1. The van der Waals surface area contributed by atoms with E-state index in [0.29, 0.717) is 27.7 Å². The van der Waals surface area contributed by atoms with Crippen molar-refractivity contribution in [1.82, 2.24) is 4.72 Å². The van der Waals surface area contributed by atoms with Crippen LogP contribution in [0, 0.1) is 11.3 Å². The molecule has 4 nitrogen and oxygen atoms in total. The van der Waals surface area contributed by atoms with Crippen molar-refractivity contribution in [1.29, 1.82) is 0 Å². The highest BCUT2D eigenvalue weighted by molar-refractivity contribution is 9.11. The van der Waals surface area contributed by atoms with Gasteiger partial charge in [0.05, 0.1) is 3.79 Å². The van der Waals surface area contributed by atoms with Gasteiger partial charge in [-0.2, -0.15) is 0 Å². The Morgan fingerprint density at radius 3 is 2.67 bits per heavy atom. The fourth-order valence-electron chi connectivity index (χ4n) is 1.89. The number of halogens is 1. The molecule has 1 aromatic rings. The fraction of sp³-hybridized carbons (Fsp3) is 0.636. The van der Waals surface area contributed by atoms with Gasteiger partial charge in [0, 0.05) is 18.0 Å². The number of hydrogen-bond acceptors (Lipinski definition) is 4. The summed E-state index contributed by atoms with van der Waals surface area (Å²) in [6.07, 6.45) is 1.08. The SMILES string of the molecule is CC1(C)CC1CNS(=O)(=O)c1cc(CN)sc1Br. The highest BCUT2D eigenvalue weighted by atomic mass is 79.9. The standard InChI is InChI=1S/C11H17BrN2O2S2/c1-11(2)4-7(11)6-14-18(15,16)9-3-8(5-13)17-10(9)12/h3,7,14H,4-6,13H2,1-2H3. The molecule has 0 amide bonds. The van der Waals surface area contributed by atoms with Crippen molar-refractivity contribution in [2.24, 2.45) is 17.1 Å². The minimum Gasteiger partial charge on any atom is -0.326 e. The molecular formula is C11H17BrN2O2S2. The van der Waals surface area contributed by atoms with Gasteiger partial charge in [0.2, 0.25) is 10.0 Å². The summed E-state index contributed by atoms with van der Waals surface area (Å²) in [6.45, 7) is 5.17. The molecule has 0 spiro atoms. The molecule has 102 valence electrons. The summed E-state index contributed by atoms with van der Waals surface area (Å²) in [6, 6.07) is 1.63. The smallest absolute Gasteiger partial charge is 0.242 e. The van der Waals surface area contributed by atoms with Gasteiger partial charge >= 0.3 is 0 Å². The topological polar surface area (TPSA) is 72.2 Å². The molecule has 1 aliphatic carbocycles. The summed E-state index contributed by atoms with van der Waals surface area (Å²) in [5.74, 6) is 0.443. The summed E-state index contributed by atoms with van der Waals surface area (Å²) in [5, 5.41) is 0. The summed E-state index contributed by atoms with van der Waals surface area (Å²) < 4.78 is 27.6. The molecule has 1 aliphatic rings. The van der Waals surface area contributed by atoms with Gasteiger partial charge in [0.15, 0.2) is 0 Å². The zero-order valence-electron chi connectivity index (χ0n) is 10.4. The van der Waals surface area contributed by atoms with E-state index in [2.05, 4.69) is 34.5 Å². The molecule has 7 heteroatoms. The Morgan fingerprint density at radius 1 is 1.61 bits per heavy atom. The summed E-state index contributed by atoms with van der Waals surface area (Å²) in [7, 11) is -3.43. The van der Waals surface area contributed by atoms with E-state index >= 15 is 0 Å². The third-order valence-corrected chi connectivity index (χ3v) is 7.13. The predicted molar refractivity (Wildman–Crippen MR) is 77.0 cm³/mol. The summed E-state index contributed by atoms with van der Waals surface area (Å²) in [4.78, 5) is 1.15. The number of sulfonamides is 1. The van der Waals surface area contributed by atoms with Crippen LogP contribution in [0.1, 0.15) is 25.1 Å². The molecule has 0 aromatic carbocycles. The van der Waals surface area contributed by atoms with Gasteiger partial charge in [-0.3, -0.25) is 0 Å². The Morgan fingerprint density at radius 2 is 2.22 bits per heavy atom. The van der Waals surface area contributed by atoms with Crippen molar-refractivity contribution < 1.29 is 8.42 Å². The normalized spacial score (nSPS) is 22.1. The van der Waals surface area contributed by atoms with Crippen LogP contribution in [0.5, 0.6) is 0 Å². The first-order valence-electron chi connectivity index (χ1n) is 5.74. The molecule has 0 bridgehead atoms. The van der Waals surface area contributed by atoms with Crippen LogP contribution in [0.4, 0.5) is 0 Å². The van der Waals surface area contributed by atoms with Gasteiger partial charge in [0.1, 0.15) is 4.90 Å². The van der Waals surface area contributed by atoms with Crippen molar-refractivity contribution in [3.63, 3.8) is 0 Å². The van der Waals surface area contributed by atoms with Crippen molar-refractivity contribution in [3.05, 3.63) is 14.7 Å². The Kier molecular flexibility index (Phi) is 3.91. The van der Waals surface area contributed by atoms with Crippen molar-refractivity contribution in [2.45, 2.75) is 31.7 Å². The van der Waals surface area contributed by atoms with Crippen molar-refractivity contribution >= 4 is 37.3 Å². The monoisotopic (exact) mass is 352 g/mol. The molecule has 1 heterocycles. The number of rotatable bonds is 5. The van der Waals surface area contributed by atoms with E-state index in [1.54, 1.807) is 6.07 Å². The zero-order chi connectivity index (χ0) is 13.6. The van der Waals surface area contributed by atoms with Gasteiger partial charge in [-0.05, 0) is 39.8 Å². The highest BCUT2D eigenvalue weighted by Gasteiger charge is 2.45. The van der Waals surface area contributed by atoms with Gasteiger partial charge in [0.25, 0.3) is 0 Å². The molecule has 0 saturated heterocycles. The highest BCUT2D eigenvalue weighted by Crippen LogP contribution is 2.51. The first-order chi connectivity index (χ1) is 8.26. The maximum atomic E-state index is 12.2. The van der Waals surface area contributed by atoms with Crippen LogP contribution in [0.3, 0.4) is 0 Å². The van der Waals surface area contributed by atoms with Crippen LogP contribution in [-0.4, -0.2) is 15.0 Å². The first-order valence-corrected chi connectivity index (χ1v) is 8.83. The number of thiophene rings is 1. The van der Waals surface area contributed by atoms with Gasteiger partial charge in [-0.15, -0.1) is 11.3 Å².